The first-order valence-electron chi connectivity index (χ1n) is 4.54. The topological polar surface area (TPSA) is 74.6 Å². The fraction of sp³-hybridized carbons (Fsp3) is 0.273. The van der Waals surface area contributed by atoms with Crippen molar-refractivity contribution in [3.8, 4) is 0 Å². The van der Waals surface area contributed by atoms with E-state index in [1.807, 2.05) is 13.8 Å². The van der Waals surface area contributed by atoms with Crippen LogP contribution in [0.3, 0.4) is 0 Å². The van der Waals surface area contributed by atoms with Gasteiger partial charge in [0.2, 0.25) is 0 Å². The Morgan fingerprint density at radius 3 is 2.06 bits per heavy atom. The van der Waals surface area contributed by atoms with Gasteiger partial charge in [-0.2, -0.15) is 0 Å². The third-order valence-electron chi connectivity index (χ3n) is 2.16. The molecule has 0 aliphatic rings. The first-order chi connectivity index (χ1) is 6.95. The maximum atomic E-state index is 11.0. The van der Waals surface area contributed by atoms with Crippen molar-refractivity contribution < 1.29 is 19.8 Å². The molecule has 1 rings (SSSR count). The Balaban J connectivity index is 0.00000225. The van der Waals surface area contributed by atoms with Gasteiger partial charge in [-0.05, 0) is 17.5 Å². The van der Waals surface area contributed by atoms with E-state index in [2.05, 4.69) is 0 Å². The molecule has 0 amide bonds. The zero-order valence-electron chi connectivity index (χ0n) is 8.52. The molecule has 0 saturated carbocycles. The van der Waals surface area contributed by atoms with Crippen molar-refractivity contribution in [1.29, 1.82) is 0 Å². The first-order valence-corrected chi connectivity index (χ1v) is 4.54. The van der Waals surface area contributed by atoms with Crippen molar-refractivity contribution in [2.75, 3.05) is 0 Å². The van der Waals surface area contributed by atoms with Gasteiger partial charge in [-0.1, -0.05) is 26.0 Å². The summed E-state index contributed by atoms with van der Waals surface area (Å²) in [4.78, 5) is 21.8. The summed E-state index contributed by atoms with van der Waals surface area (Å²) >= 11 is 0. The minimum atomic E-state index is -1.21. The second-order valence-corrected chi connectivity index (χ2v) is 3.53. The van der Waals surface area contributed by atoms with E-state index in [9.17, 15) is 9.59 Å². The SMILES string of the molecule is CC(C)c1cccc(C(=O)O)c1C(=O)O.[KH]. The molecule has 0 unspecified atom stereocenters. The van der Waals surface area contributed by atoms with Gasteiger partial charge < -0.3 is 10.2 Å². The van der Waals surface area contributed by atoms with E-state index in [1.165, 1.54) is 6.07 Å². The van der Waals surface area contributed by atoms with Crippen LogP contribution in [0.5, 0.6) is 0 Å². The third-order valence-corrected chi connectivity index (χ3v) is 2.16. The summed E-state index contributed by atoms with van der Waals surface area (Å²) in [7, 11) is 0. The molecule has 82 valence electrons. The maximum absolute atomic E-state index is 11.0. The van der Waals surface area contributed by atoms with Gasteiger partial charge in [0, 0.05) is 0 Å². The summed E-state index contributed by atoms with van der Waals surface area (Å²) in [6, 6.07) is 4.50. The van der Waals surface area contributed by atoms with Gasteiger partial charge in [0.25, 0.3) is 0 Å². The van der Waals surface area contributed by atoms with E-state index in [1.54, 1.807) is 12.1 Å². The van der Waals surface area contributed by atoms with Gasteiger partial charge in [0.05, 0.1) is 11.1 Å². The predicted molar refractivity (Wildman–Crippen MR) is 61.6 cm³/mol. The Kier molecular flexibility index (Phi) is 6.43. The number of rotatable bonds is 3. The normalized spacial score (nSPS) is 9.69. The zero-order valence-corrected chi connectivity index (χ0v) is 8.52. The Morgan fingerprint density at radius 2 is 1.69 bits per heavy atom. The van der Waals surface area contributed by atoms with Crippen LogP contribution in [0.15, 0.2) is 18.2 Å². The average molecular weight is 248 g/mol. The van der Waals surface area contributed by atoms with Crippen molar-refractivity contribution >= 4 is 63.3 Å². The molecule has 0 saturated heterocycles. The molecule has 0 heterocycles. The molecule has 0 bridgehead atoms. The summed E-state index contributed by atoms with van der Waals surface area (Å²) in [6.07, 6.45) is 0. The van der Waals surface area contributed by atoms with Gasteiger partial charge in [0.1, 0.15) is 0 Å². The fourth-order valence-corrected chi connectivity index (χ4v) is 1.47. The third kappa shape index (κ3) is 3.39. The summed E-state index contributed by atoms with van der Waals surface area (Å²) in [6.45, 7) is 3.65. The van der Waals surface area contributed by atoms with Crippen LogP contribution >= 0.6 is 0 Å². The van der Waals surface area contributed by atoms with Gasteiger partial charge in [-0.25, -0.2) is 9.59 Å². The van der Waals surface area contributed by atoms with Gasteiger partial charge in [-0.3, -0.25) is 0 Å². The summed E-state index contributed by atoms with van der Waals surface area (Å²) in [5.74, 6) is -2.43. The number of benzene rings is 1. The molecule has 1 aromatic carbocycles. The van der Waals surface area contributed by atoms with E-state index < -0.39 is 11.9 Å². The van der Waals surface area contributed by atoms with Crippen molar-refractivity contribution in [1.82, 2.24) is 0 Å². The van der Waals surface area contributed by atoms with Crippen LogP contribution in [0.2, 0.25) is 0 Å². The number of hydrogen-bond acceptors (Lipinski definition) is 2. The molecule has 2 N–H and O–H groups in total. The van der Waals surface area contributed by atoms with Crippen LogP contribution in [-0.2, 0) is 0 Å². The molecule has 0 aliphatic heterocycles. The quantitative estimate of drug-likeness (QED) is 0.796. The Labute approximate surface area is 136 Å². The number of hydrogen-bond donors (Lipinski definition) is 2. The van der Waals surface area contributed by atoms with Crippen LogP contribution in [-0.4, -0.2) is 73.5 Å². The average Bonchev–Trinajstić information content (AvgIpc) is 2.16. The first kappa shape index (κ1) is 15.8. The van der Waals surface area contributed by atoms with Crippen molar-refractivity contribution in [3.63, 3.8) is 0 Å². The molecular formula is C11H13KO4. The molecule has 0 atom stereocenters. The number of carboxylic acid groups (broad SMARTS) is 2. The monoisotopic (exact) mass is 248 g/mol. The van der Waals surface area contributed by atoms with Crippen LogP contribution < -0.4 is 0 Å². The number of carbonyl (C=O) groups is 2. The van der Waals surface area contributed by atoms with Crippen LogP contribution in [0, 0.1) is 0 Å². The van der Waals surface area contributed by atoms with Gasteiger partial charge in [-0.15, -0.1) is 0 Å². The summed E-state index contributed by atoms with van der Waals surface area (Å²) in [5.41, 5.74) is 0.274. The predicted octanol–water partition coefficient (Wildman–Crippen LogP) is 1.56. The number of aromatic carboxylic acids is 2. The van der Waals surface area contributed by atoms with Crippen molar-refractivity contribution in [3.05, 3.63) is 34.9 Å². The van der Waals surface area contributed by atoms with E-state index in [0.717, 1.165) is 0 Å². The molecule has 4 nitrogen and oxygen atoms in total. The van der Waals surface area contributed by atoms with Gasteiger partial charge >= 0.3 is 63.3 Å². The second-order valence-electron chi connectivity index (χ2n) is 3.53. The number of carboxylic acids is 2. The summed E-state index contributed by atoms with van der Waals surface area (Å²) in [5, 5.41) is 17.8. The Morgan fingerprint density at radius 1 is 1.12 bits per heavy atom. The van der Waals surface area contributed by atoms with E-state index >= 15 is 0 Å². The molecule has 1 aromatic rings. The molecule has 16 heavy (non-hydrogen) atoms. The minimum absolute atomic E-state index is 0. The van der Waals surface area contributed by atoms with E-state index in [4.69, 9.17) is 10.2 Å². The Hall–Kier alpha value is -0.204. The zero-order chi connectivity index (χ0) is 11.6. The molecule has 0 radical (unpaired) electrons. The second kappa shape index (κ2) is 6.51. The van der Waals surface area contributed by atoms with E-state index in [0.29, 0.717) is 5.56 Å². The fourth-order valence-electron chi connectivity index (χ4n) is 1.47. The Bertz CT molecular complexity index is 412. The van der Waals surface area contributed by atoms with Gasteiger partial charge in [0.15, 0.2) is 0 Å². The molecular weight excluding hydrogens is 235 g/mol. The summed E-state index contributed by atoms with van der Waals surface area (Å²) < 4.78 is 0. The molecule has 0 fully saturated rings. The van der Waals surface area contributed by atoms with Crippen LogP contribution in [0.4, 0.5) is 0 Å². The standard InChI is InChI=1S/C11H12O4.K.H/c1-6(2)7-4-3-5-8(10(12)13)9(7)11(14)15;;/h3-6H,1-2H3,(H,12,13)(H,14,15);;. The molecule has 0 aliphatic carbocycles. The molecule has 0 spiro atoms. The van der Waals surface area contributed by atoms with Crippen LogP contribution in [0.25, 0.3) is 0 Å². The molecule has 5 heteroatoms. The van der Waals surface area contributed by atoms with Crippen molar-refractivity contribution in [2.45, 2.75) is 19.8 Å². The van der Waals surface area contributed by atoms with Crippen LogP contribution in [0.1, 0.15) is 46.0 Å². The van der Waals surface area contributed by atoms with E-state index in [-0.39, 0.29) is 68.4 Å². The van der Waals surface area contributed by atoms with Crippen molar-refractivity contribution in [2.24, 2.45) is 0 Å². The molecule has 0 aromatic heterocycles.